The van der Waals surface area contributed by atoms with Crippen molar-refractivity contribution in [3.05, 3.63) is 47.5 Å². The van der Waals surface area contributed by atoms with Gasteiger partial charge in [0.15, 0.2) is 5.78 Å². The zero-order valence-electron chi connectivity index (χ0n) is 16.7. The molecule has 150 valence electrons. The number of carbonyl (C=O) groups is 4. The first-order valence-corrected chi connectivity index (χ1v) is 8.95. The Morgan fingerprint density at radius 2 is 1.75 bits per heavy atom. The molecule has 2 amide bonds. The summed E-state index contributed by atoms with van der Waals surface area (Å²) < 4.78 is 10.1. The third kappa shape index (κ3) is 5.06. The largest absolute Gasteiger partial charge is 0.469 e. The van der Waals surface area contributed by atoms with Gasteiger partial charge in [-0.2, -0.15) is 0 Å². The highest BCUT2D eigenvalue weighted by Crippen LogP contribution is 2.27. The molecule has 7 heteroatoms. The molecule has 1 aliphatic rings. The maximum Gasteiger partial charge on any atom is 0.417 e. The summed E-state index contributed by atoms with van der Waals surface area (Å²) in [5, 5.41) is 0. The van der Waals surface area contributed by atoms with Crippen LogP contribution in [0.4, 0.5) is 4.79 Å². The van der Waals surface area contributed by atoms with Crippen molar-refractivity contribution in [1.82, 2.24) is 4.90 Å². The number of Topliss-reactive ketones (excluding diaryl/α,β-unsaturated/α-hetero) is 1. The van der Waals surface area contributed by atoms with Crippen molar-refractivity contribution in [2.75, 3.05) is 7.11 Å². The van der Waals surface area contributed by atoms with E-state index in [2.05, 4.69) is 0 Å². The van der Waals surface area contributed by atoms with Gasteiger partial charge in [-0.15, -0.1) is 0 Å². The van der Waals surface area contributed by atoms with Crippen molar-refractivity contribution >= 4 is 23.8 Å². The molecule has 7 nitrogen and oxygen atoms in total. The van der Waals surface area contributed by atoms with E-state index in [4.69, 9.17) is 9.47 Å². The van der Waals surface area contributed by atoms with Crippen LogP contribution in [0.1, 0.15) is 43.1 Å². The van der Waals surface area contributed by atoms with E-state index >= 15 is 0 Å². The lowest BCUT2D eigenvalue weighted by atomic mass is 9.91. The molecule has 0 spiro atoms. The molecule has 2 rings (SSSR count). The minimum Gasteiger partial charge on any atom is -0.469 e. The lowest BCUT2D eigenvalue weighted by Crippen LogP contribution is -2.48. The number of carbonyl (C=O) groups excluding carboxylic acids is 4. The Labute approximate surface area is 164 Å². The number of benzene rings is 1. The number of ketones is 1. The normalized spacial score (nSPS) is 17.4. The molecule has 0 N–H and O–H groups in total. The summed E-state index contributed by atoms with van der Waals surface area (Å²) in [6, 6.07) is 5.99. The van der Waals surface area contributed by atoms with E-state index in [1.165, 1.54) is 19.3 Å². The number of aryl methyl sites for hydroxylation is 1. The number of ether oxygens (including phenoxy) is 2. The van der Waals surface area contributed by atoms with Crippen molar-refractivity contribution in [2.24, 2.45) is 5.92 Å². The molecule has 0 aliphatic carbocycles. The van der Waals surface area contributed by atoms with E-state index in [1.807, 2.05) is 6.92 Å². The maximum atomic E-state index is 12.7. The van der Waals surface area contributed by atoms with E-state index in [1.54, 1.807) is 45.0 Å². The Morgan fingerprint density at radius 1 is 1.14 bits per heavy atom. The van der Waals surface area contributed by atoms with Gasteiger partial charge in [-0.25, -0.2) is 9.69 Å². The first kappa shape index (κ1) is 21.3. The highest BCUT2D eigenvalue weighted by Gasteiger charge is 2.43. The van der Waals surface area contributed by atoms with Crippen LogP contribution in [0, 0.1) is 12.8 Å². The minimum absolute atomic E-state index is 0.211. The highest BCUT2D eigenvalue weighted by molar-refractivity contribution is 6.03. The van der Waals surface area contributed by atoms with Gasteiger partial charge >= 0.3 is 12.1 Å². The summed E-state index contributed by atoms with van der Waals surface area (Å²) in [4.78, 5) is 50.6. The van der Waals surface area contributed by atoms with Crippen LogP contribution in [0.25, 0.3) is 0 Å². The highest BCUT2D eigenvalue weighted by atomic mass is 16.6. The maximum absolute atomic E-state index is 12.7. The van der Waals surface area contributed by atoms with E-state index < -0.39 is 35.5 Å². The molecule has 1 heterocycles. The first-order chi connectivity index (χ1) is 13.0. The van der Waals surface area contributed by atoms with Crippen LogP contribution in [0.15, 0.2) is 36.4 Å². The number of methoxy groups -OCH3 is 1. The molecule has 0 saturated heterocycles. The number of amides is 2. The van der Waals surface area contributed by atoms with Crippen molar-refractivity contribution in [2.45, 2.75) is 45.8 Å². The van der Waals surface area contributed by atoms with Crippen molar-refractivity contribution in [3.8, 4) is 0 Å². The van der Waals surface area contributed by atoms with Gasteiger partial charge in [-0.05, 0) is 27.7 Å². The topological polar surface area (TPSA) is 90.0 Å². The predicted octanol–water partition coefficient (Wildman–Crippen LogP) is 3.06. The molecule has 0 radical (unpaired) electrons. The molecule has 0 bridgehead atoms. The van der Waals surface area contributed by atoms with E-state index in [0.29, 0.717) is 5.56 Å². The van der Waals surface area contributed by atoms with Crippen molar-refractivity contribution < 1.29 is 28.7 Å². The fourth-order valence-electron chi connectivity index (χ4n) is 2.88. The first-order valence-electron chi connectivity index (χ1n) is 8.95. The average molecular weight is 387 g/mol. The third-order valence-corrected chi connectivity index (χ3v) is 4.26. The van der Waals surface area contributed by atoms with Gasteiger partial charge < -0.3 is 9.47 Å². The molecule has 0 saturated carbocycles. The Balaban J connectivity index is 2.28. The standard InChI is InChI=1S/C21H25NO6/c1-13-6-8-14(9-7-13)17(23)12-15(19(25)27-5)16-10-11-18(24)22(16)20(26)28-21(2,3)4/h6-11,15-16H,12H2,1-5H3/t15-,16-/m1/s1. The molecule has 0 fully saturated rings. The number of esters is 1. The predicted molar refractivity (Wildman–Crippen MR) is 102 cm³/mol. The molecule has 0 unspecified atom stereocenters. The number of nitrogens with zero attached hydrogens (tertiary/aromatic N) is 1. The zero-order chi connectivity index (χ0) is 21.1. The molecule has 1 aromatic carbocycles. The lowest BCUT2D eigenvalue weighted by molar-refractivity contribution is -0.147. The SMILES string of the molecule is COC(=O)[C@H](CC(=O)c1ccc(C)cc1)[C@H]1C=CC(=O)N1C(=O)OC(C)(C)C. The van der Waals surface area contributed by atoms with Crippen LogP contribution >= 0.6 is 0 Å². The Bertz CT molecular complexity index is 803. The fraction of sp³-hybridized carbons (Fsp3) is 0.429. The monoisotopic (exact) mass is 387 g/mol. The van der Waals surface area contributed by atoms with Crippen molar-refractivity contribution in [3.63, 3.8) is 0 Å². The van der Waals surface area contributed by atoms with Crippen LogP contribution in [-0.2, 0) is 19.1 Å². The Hall–Kier alpha value is -2.96. The summed E-state index contributed by atoms with van der Waals surface area (Å²) in [6.07, 6.45) is 1.54. The molecule has 28 heavy (non-hydrogen) atoms. The summed E-state index contributed by atoms with van der Waals surface area (Å²) >= 11 is 0. The van der Waals surface area contributed by atoms with Gasteiger partial charge in [-0.3, -0.25) is 14.4 Å². The molecular formula is C21H25NO6. The zero-order valence-corrected chi connectivity index (χ0v) is 16.7. The second kappa shape index (κ2) is 8.37. The third-order valence-electron chi connectivity index (χ3n) is 4.26. The Morgan fingerprint density at radius 3 is 2.29 bits per heavy atom. The number of hydrogen-bond acceptors (Lipinski definition) is 6. The van der Waals surface area contributed by atoms with E-state index in [0.717, 1.165) is 10.5 Å². The summed E-state index contributed by atoms with van der Waals surface area (Å²) in [7, 11) is 1.20. The molecule has 1 aliphatic heterocycles. The summed E-state index contributed by atoms with van der Waals surface area (Å²) in [5.74, 6) is -2.60. The van der Waals surface area contributed by atoms with Crippen LogP contribution in [0.5, 0.6) is 0 Å². The molecular weight excluding hydrogens is 362 g/mol. The van der Waals surface area contributed by atoms with Crippen LogP contribution < -0.4 is 0 Å². The molecule has 2 atom stereocenters. The fourth-order valence-corrected chi connectivity index (χ4v) is 2.88. The van der Waals surface area contributed by atoms with Gasteiger partial charge in [0.1, 0.15) is 5.60 Å². The second-order valence-electron chi connectivity index (χ2n) is 7.66. The minimum atomic E-state index is -1.03. The number of rotatable bonds is 5. The number of imide groups is 1. The second-order valence-corrected chi connectivity index (χ2v) is 7.66. The van der Waals surface area contributed by atoms with Gasteiger partial charge in [0.2, 0.25) is 0 Å². The van der Waals surface area contributed by atoms with E-state index in [9.17, 15) is 19.2 Å². The lowest BCUT2D eigenvalue weighted by Gasteiger charge is -2.30. The van der Waals surface area contributed by atoms with Crippen LogP contribution in [0.2, 0.25) is 0 Å². The molecule has 0 aromatic heterocycles. The quantitative estimate of drug-likeness (QED) is 0.570. The summed E-state index contributed by atoms with van der Waals surface area (Å²) in [6.45, 7) is 6.92. The van der Waals surface area contributed by atoms with Crippen LogP contribution in [-0.4, -0.2) is 47.4 Å². The Kier molecular flexibility index (Phi) is 6.38. The number of hydrogen-bond donors (Lipinski definition) is 0. The molecule has 1 aromatic rings. The van der Waals surface area contributed by atoms with Gasteiger partial charge in [-0.1, -0.05) is 35.9 Å². The van der Waals surface area contributed by atoms with Gasteiger partial charge in [0.25, 0.3) is 5.91 Å². The van der Waals surface area contributed by atoms with Gasteiger partial charge in [0, 0.05) is 18.1 Å². The van der Waals surface area contributed by atoms with Crippen LogP contribution in [0.3, 0.4) is 0 Å². The van der Waals surface area contributed by atoms with Crippen molar-refractivity contribution in [1.29, 1.82) is 0 Å². The summed E-state index contributed by atoms with van der Waals surface area (Å²) in [5.41, 5.74) is 0.626. The smallest absolute Gasteiger partial charge is 0.417 e. The van der Waals surface area contributed by atoms with Gasteiger partial charge in [0.05, 0.1) is 19.1 Å². The average Bonchev–Trinajstić information content (AvgIpc) is 2.99. The van der Waals surface area contributed by atoms with E-state index in [-0.39, 0.29) is 12.2 Å².